The molecule has 1 nitrogen and oxygen atoms in total. The molecule has 1 aromatic carbocycles. The van der Waals surface area contributed by atoms with E-state index in [0.717, 1.165) is 20.5 Å². The van der Waals surface area contributed by atoms with E-state index in [2.05, 4.69) is 12.2 Å². The number of thiophene rings is 1. The van der Waals surface area contributed by atoms with Crippen LogP contribution in [0.4, 0.5) is 5.69 Å². The first-order chi connectivity index (χ1) is 8.47. The minimum atomic E-state index is 0.138. The predicted molar refractivity (Wildman–Crippen MR) is 82.6 cm³/mol. The normalized spacial score (nSPS) is 12.5. The summed E-state index contributed by atoms with van der Waals surface area (Å²) in [5, 5.41) is 4.72. The Morgan fingerprint density at radius 1 is 1.11 bits per heavy atom. The summed E-state index contributed by atoms with van der Waals surface area (Å²) in [6.45, 7) is 3.99. The molecule has 1 N–H and O–H groups in total. The third kappa shape index (κ3) is 3.12. The monoisotopic (exact) mass is 319 g/mol. The number of aryl methyl sites for hydroxylation is 1. The molecule has 1 aromatic heterocycles. The number of benzene rings is 1. The van der Waals surface area contributed by atoms with Gasteiger partial charge in [0.1, 0.15) is 0 Å². The van der Waals surface area contributed by atoms with Crippen molar-refractivity contribution in [3.05, 3.63) is 49.1 Å². The van der Waals surface area contributed by atoms with Crippen molar-refractivity contribution in [2.45, 2.75) is 19.9 Å². The molecule has 5 heteroatoms. The molecular formula is C13H12Cl3NS. The summed E-state index contributed by atoms with van der Waals surface area (Å²) in [5.74, 6) is 0. The summed E-state index contributed by atoms with van der Waals surface area (Å²) in [7, 11) is 0. The Hall–Kier alpha value is -0.410. The van der Waals surface area contributed by atoms with E-state index in [4.69, 9.17) is 34.8 Å². The highest BCUT2D eigenvalue weighted by Gasteiger charge is 2.11. The lowest BCUT2D eigenvalue weighted by Gasteiger charge is -2.16. The van der Waals surface area contributed by atoms with E-state index in [1.165, 1.54) is 0 Å². The predicted octanol–water partition coefficient (Wildman–Crippen LogP) is 6.19. The standard InChI is InChI=1S/C13H12Cl3NS/c1-7-5-10(15)11(6-9(7)14)17-8(2)12-3-4-13(16)18-12/h3-6,8,17H,1-2H3. The zero-order valence-electron chi connectivity index (χ0n) is 9.93. The number of hydrogen-bond donors (Lipinski definition) is 1. The van der Waals surface area contributed by atoms with Crippen molar-refractivity contribution < 1.29 is 0 Å². The van der Waals surface area contributed by atoms with Gasteiger partial charge in [0.25, 0.3) is 0 Å². The van der Waals surface area contributed by atoms with Crippen molar-refractivity contribution in [2.75, 3.05) is 5.32 Å². The minimum absolute atomic E-state index is 0.138. The third-order valence-corrected chi connectivity index (χ3v) is 4.77. The van der Waals surface area contributed by atoms with Gasteiger partial charge in [-0.2, -0.15) is 0 Å². The van der Waals surface area contributed by atoms with Gasteiger partial charge in [-0.05, 0) is 43.7 Å². The summed E-state index contributed by atoms with van der Waals surface area (Å²) >= 11 is 19.8. The number of halogens is 3. The second kappa shape index (κ2) is 5.70. The molecule has 0 aliphatic carbocycles. The van der Waals surface area contributed by atoms with Gasteiger partial charge in [-0.1, -0.05) is 34.8 Å². The number of hydrogen-bond acceptors (Lipinski definition) is 2. The van der Waals surface area contributed by atoms with Gasteiger partial charge in [0.15, 0.2) is 0 Å². The van der Waals surface area contributed by atoms with E-state index in [1.807, 2.05) is 31.2 Å². The van der Waals surface area contributed by atoms with Gasteiger partial charge in [-0.15, -0.1) is 11.3 Å². The van der Waals surface area contributed by atoms with Gasteiger partial charge in [0.05, 0.1) is 21.1 Å². The average Bonchev–Trinajstić information content (AvgIpc) is 2.73. The molecular weight excluding hydrogens is 309 g/mol. The van der Waals surface area contributed by atoms with Crippen LogP contribution >= 0.6 is 46.1 Å². The molecule has 0 aliphatic heterocycles. The van der Waals surface area contributed by atoms with Crippen molar-refractivity contribution in [1.29, 1.82) is 0 Å². The Morgan fingerprint density at radius 2 is 1.83 bits per heavy atom. The van der Waals surface area contributed by atoms with Gasteiger partial charge >= 0.3 is 0 Å². The van der Waals surface area contributed by atoms with Gasteiger partial charge in [-0.3, -0.25) is 0 Å². The molecule has 0 saturated carbocycles. The van der Waals surface area contributed by atoms with Crippen LogP contribution in [0, 0.1) is 6.92 Å². The lowest BCUT2D eigenvalue weighted by atomic mass is 10.2. The summed E-state index contributed by atoms with van der Waals surface area (Å²) in [6.07, 6.45) is 0. The van der Waals surface area contributed by atoms with Crippen molar-refractivity contribution in [1.82, 2.24) is 0 Å². The maximum atomic E-state index is 6.19. The van der Waals surface area contributed by atoms with Crippen LogP contribution in [-0.2, 0) is 0 Å². The van der Waals surface area contributed by atoms with E-state index in [9.17, 15) is 0 Å². The van der Waals surface area contributed by atoms with E-state index >= 15 is 0 Å². The first kappa shape index (κ1) is 14.0. The highest BCUT2D eigenvalue weighted by molar-refractivity contribution is 7.16. The Bertz CT molecular complexity index is 565. The van der Waals surface area contributed by atoms with Crippen LogP contribution in [0.1, 0.15) is 23.4 Å². The molecule has 2 rings (SSSR count). The average molecular weight is 321 g/mol. The molecule has 1 unspecified atom stereocenters. The smallest absolute Gasteiger partial charge is 0.0932 e. The van der Waals surface area contributed by atoms with Crippen LogP contribution < -0.4 is 5.32 Å². The topological polar surface area (TPSA) is 12.0 Å². The molecule has 0 amide bonds. The van der Waals surface area contributed by atoms with Crippen molar-refractivity contribution in [3.8, 4) is 0 Å². The van der Waals surface area contributed by atoms with Crippen LogP contribution in [0.25, 0.3) is 0 Å². The molecule has 0 fully saturated rings. The third-order valence-electron chi connectivity index (χ3n) is 2.64. The highest BCUT2D eigenvalue weighted by atomic mass is 35.5. The molecule has 96 valence electrons. The largest absolute Gasteiger partial charge is 0.376 e. The molecule has 0 radical (unpaired) electrons. The van der Waals surface area contributed by atoms with E-state index < -0.39 is 0 Å². The quantitative estimate of drug-likeness (QED) is 0.711. The molecule has 0 aliphatic rings. The number of nitrogens with one attached hydrogen (secondary N) is 1. The van der Waals surface area contributed by atoms with E-state index in [0.29, 0.717) is 10.0 Å². The van der Waals surface area contributed by atoms with Crippen LogP contribution in [0.2, 0.25) is 14.4 Å². The second-order valence-corrected chi connectivity index (χ2v) is 6.65. The van der Waals surface area contributed by atoms with Crippen LogP contribution in [0.5, 0.6) is 0 Å². The van der Waals surface area contributed by atoms with Crippen molar-refractivity contribution >= 4 is 51.8 Å². The summed E-state index contributed by atoms with van der Waals surface area (Å²) in [6, 6.07) is 7.75. The SMILES string of the molecule is Cc1cc(Cl)c(NC(C)c2ccc(Cl)s2)cc1Cl. The van der Waals surface area contributed by atoms with E-state index in [-0.39, 0.29) is 6.04 Å². The molecule has 0 saturated heterocycles. The molecule has 18 heavy (non-hydrogen) atoms. The van der Waals surface area contributed by atoms with Crippen molar-refractivity contribution in [2.24, 2.45) is 0 Å². The molecule has 0 bridgehead atoms. The lowest BCUT2D eigenvalue weighted by Crippen LogP contribution is -2.05. The van der Waals surface area contributed by atoms with Gasteiger partial charge in [0.2, 0.25) is 0 Å². The minimum Gasteiger partial charge on any atom is -0.376 e. The van der Waals surface area contributed by atoms with Crippen LogP contribution in [0.15, 0.2) is 24.3 Å². The zero-order chi connectivity index (χ0) is 13.3. The first-order valence-electron chi connectivity index (χ1n) is 5.45. The highest BCUT2D eigenvalue weighted by Crippen LogP contribution is 2.33. The Morgan fingerprint density at radius 3 is 2.44 bits per heavy atom. The summed E-state index contributed by atoms with van der Waals surface area (Å²) in [5.41, 5.74) is 1.81. The Kier molecular flexibility index (Phi) is 4.44. The number of anilines is 1. The van der Waals surface area contributed by atoms with Crippen LogP contribution in [0.3, 0.4) is 0 Å². The van der Waals surface area contributed by atoms with Gasteiger partial charge in [0, 0.05) is 9.90 Å². The summed E-state index contributed by atoms with van der Waals surface area (Å²) in [4.78, 5) is 1.16. The zero-order valence-corrected chi connectivity index (χ0v) is 13.0. The first-order valence-corrected chi connectivity index (χ1v) is 7.40. The fourth-order valence-electron chi connectivity index (χ4n) is 1.62. The molecule has 1 atom stereocenters. The number of rotatable bonds is 3. The molecule has 2 aromatic rings. The van der Waals surface area contributed by atoms with E-state index in [1.54, 1.807) is 11.3 Å². The molecule has 1 heterocycles. The van der Waals surface area contributed by atoms with Crippen LogP contribution in [-0.4, -0.2) is 0 Å². The summed E-state index contributed by atoms with van der Waals surface area (Å²) < 4.78 is 0.784. The van der Waals surface area contributed by atoms with Crippen molar-refractivity contribution in [3.63, 3.8) is 0 Å². The maximum Gasteiger partial charge on any atom is 0.0932 e. The fraction of sp³-hybridized carbons (Fsp3) is 0.231. The van der Waals surface area contributed by atoms with Gasteiger partial charge in [-0.25, -0.2) is 0 Å². The Balaban J connectivity index is 2.21. The second-order valence-electron chi connectivity index (χ2n) is 4.09. The lowest BCUT2D eigenvalue weighted by molar-refractivity contribution is 0.908. The molecule has 0 spiro atoms. The Labute approximate surface area is 126 Å². The maximum absolute atomic E-state index is 6.19. The van der Waals surface area contributed by atoms with Gasteiger partial charge < -0.3 is 5.32 Å². The fourth-order valence-corrected chi connectivity index (χ4v) is 3.12.